The van der Waals surface area contributed by atoms with Gasteiger partial charge in [0, 0.05) is 12.2 Å². The molecule has 0 aliphatic carbocycles. The molecule has 2 rings (SSSR count). The van der Waals surface area contributed by atoms with Crippen LogP contribution in [-0.2, 0) is 9.53 Å². The fourth-order valence-electron chi connectivity index (χ4n) is 1.77. The zero-order chi connectivity index (χ0) is 10.8. The smallest absolute Gasteiger partial charge is 0.414 e. The van der Waals surface area contributed by atoms with E-state index in [1.807, 2.05) is 6.08 Å². The van der Waals surface area contributed by atoms with Crippen LogP contribution in [0, 0.1) is 0 Å². The standard InChI is InChI=1S/C10H12N2O3/c1-2-5-15-10(14)12-6-8(13)9-7(12)3-4-11-9/h2-3,9,11H,1,4-6H2. The molecule has 0 bridgehead atoms. The minimum Gasteiger partial charge on any atom is -0.445 e. The summed E-state index contributed by atoms with van der Waals surface area (Å²) in [5, 5.41) is 3.00. The molecule has 1 unspecified atom stereocenters. The second kappa shape index (κ2) is 3.86. The molecule has 5 nitrogen and oxygen atoms in total. The van der Waals surface area contributed by atoms with Crippen LogP contribution in [0.5, 0.6) is 0 Å². The molecule has 2 aliphatic rings. The number of hydrogen-bond donors (Lipinski definition) is 1. The van der Waals surface area contributed by atoms with Crippen molar-refractivity contribution in [3.05, 3.63) is 24.4 Å². The summed E-state index contributed by atoms with van der Waals surface area (Å²) in [7, 11) is 0. The molecule has 0 spiro atoms. The van der Waals surface area contributed by atoms with Gasteiger partial charge < -0.3 is 4.74 Å². The summed E-state index contributed by atoms with van der Waals surface area (Å²) in [6, 6.07) is -0.318. The summed E-state index contributed by atoms with van der Waals surface area (Å²) in [4.78, 5) is 24.4. The molecule has 1 fully saturated rings. The summed E-state index contributed by atoms with van der Waals surface area (Å²) in [5.41, 5.74) is 0.717. The van der Waals surface area contributed by atoms with Gasteiger partial charge in [0.25, 0.3) is 0 Å². The van der Waals surface area contributed by atoms with Crippen molar-refractivity contribution in [2.24, 2.45) is 0 Å². The predicted molar refractivity (Wildman–Crippen MR) is 53.1 cm³/mol. The molecule has 1 N–H and O–H groups in total. The van der Waals surface area contributed by atoms with Crippen LogP contribution in [-0.4, -0.2) is 42.5 Å². The number of hydrogen-bond acceptors (Lipinski definition) is 4. The van der Waals surface area contributed by atoms with Gasteiger partial charge in [-0.25, -0.2) is 4.79 Å². The number of Topliss-reactive ketones (excluding diaryl/α,β-unsaturated/α-hetero) is 1. The summed E-state index contributed by atoms with van der Waals surface area (Å²) < 4.78 is 4.88. The lowest BCUT2D eigenvalue weighted by Crippen LogP contribution is -2.30. The topological polar surface area (TPSA) is 58.6 Å². The molecular weight excluding hydrogens is 196 g/mol. The van der Waals surface area contributed by atoms with Gasteiger partial charge in [-0.1, -0.05) is 12.7 Å². The Morgan fingerprint density at radius 2 is 2.60 bits per heavy atom. The van der Waals surface area contributed by atoms with Crippen LogP contribution in [0.2, 0.25) is 0 Å². The van der Waals surface area contributed by atoms with Crippen molar-refractivity contribution < 1.29 is 14.3 Å². The second-order valence-electron chi connectivity index (χ2n) is 3.39. The van der Waals surface area contributed by atoms with E-state index in [4.69, 9.17) is 4.74 Å². The second-order valence-corrected chi connectivity index (χ2v) is 3.39. The van der Waals surface area contributed by atoms with E-state index >= 15 is 0 Å². The molecule has 0 aromatic rings. The summed E-state index contributed by atoms with van der Waals surface area (Å²) in [6.45, 7) is 4.33. The molecule has 0 aromatic carbocycles. The molecule has 1 saturated heterocycles. The Hall–Kier alpha value is -1.62. The lowest BCUT2D eigenvalue weighted by Gasteiger charge is -2.15. The van der Waals surface area contributed by atoms with Gasteiger partial charge in [-0.05, 0) is 6.08 Å². The zero-order valence-electron chi connectivity index (χ0n) is 8.23. The highest BCUT2D eigenvalue weighted by Crippen LogP contribution is 2.23. The molecule has 2 aliphatic heterocycles. The number of nitrogens with zero attached hydrogens (tertiary/aromatic N) is 1. The van der Waals surface area contributed by atoms with Crippen molar-refractivity contribution >= 4 is 11.9 Å². The molecule has 0 saturated carbocycles. The number of ketones is 1. The highest BCUT2D eigenvalue weighted by Gasteiger charge is 2.41. The van der Waals surface area contributed by atoms with Crippen LogP contribution in [0.15, 0.2) is 24.4 Å². The minimum absolute atomic E-state index is 0.00861. The third kappa shape index (κ3) is 1.66. The number of carbonyl (C=O) groups is 2. The van der Waals surface area contributed by atoms with Crippen molar-refractivity contribution in [1.82, 2.24) is 10.2 Å². The summed E-state index contributed by atoms with van der Waals surface area (Å²) in [5.74, 6) is 0.00861. The van der Waals surface area contributed by atoms with E-state index in [9.17, 15) is 9.59 Å². The van der Waals surface area contributed by atoms with Gasteiger partial charge in [-0.3, -0.25) is 15.0 Å². The first-order valence-electron chi connectivity index (χ1n) is 4.75. The van der Waals surface area contributed by atoms with Crippen molar-refractivity contribution in [1.29, 1.82) is 0 Å². The molecule has 0 radical (unpaired) electrons. The normalized spacial score (nSPS) is 23.7. The quantitative estimate of drug-likeness (QED) is 0.651. The Kier molecular flexibility index (Phi) is 2.55. The third-order valence-corrected chi connectivity index (χ3v) is 2.42. The maximum Gasteiger partial charge on any atom is 0.414 e. The van der Waals surface area contributed by atoms with Crippen molar-refractivity contribution in [2.45, 2.75) is 6.04 Å². The lowest BCUT2D eigenvalue weighted by molar-refractivity contribution is -0.118. The van der Waals surface area contributed by atoms with Gasteiger partial charge in [-0.2, -0.15) is 0 Å². The number of rotatable bonds is 2. The van der Waals surface area contributed by atoms with Gasteiger partial charge in [0.1, 0.15) is 12.6 Å². The van der Waals surface area contributed by atoms with Crippen LogP contribution in [0.4, 0.5) is 4.79 Å². The van der Waals surface area contributed by atoms with Crippen LogP contribution in [0.3, 0.4) is 0 Å². The largest absolute Gasteiger partial charge is 0.445 e. The van der Waals surface area contributed by atoms with E-state index in [1.54, 1.807) is 0 Å². The van der Waals surface area contributed by atoms with Gasteiger partial charge in [-0.15, -0.1) is 0 Å². The average Bonchev–Trinajstić information content (AvgIpc) is 2.79. The van der Waals surface area contributed by atoms with Crippen molar-refractivity contribution in [2.75, 3.05) is 19.7 Å². The fraction of sp³-hybridized carbons (Fsp3) is 0.400. The van der Waals surface area contributed by atoms with E-state index < -0.39 is 6.09 Å². The third-order valence-electron chi connectivity index (χ3n) is 2.42. The number of likely N-dealkylation sites (tertiary alicyclic amines) is 1. The molecule has 1 atom stereocenters. The predicted octanol–water partition coefficient (Wildman–Crippen LogP) is 0.0494. The molecular formula is C10H12N2O3. The van der Waals surface area contributed by atoms with E-state index in [0.29, 0.717) is 12.2 Å². The van der Waals surface area contributed by atoms with Gasteiger partial charge in [0.15, 0.2) is 5.78 Å². The first kappa shape index (κ1) is 9.92. The lowest BCUT2D eigenvalue weighted by atomic mass is 10.2. The molecule has 2 heterocycles. The van der Waals surface area contributed by atoms with E-state index in [1.165, 1.54) is 11.0 Å². The minimum atomic E-state index is -0.485. The van der Waals surface area contributed by atoms with Crippen LogP contribution in [0.25, 0.3) is 0 Å². The summed E-state index contributed by atoms with van der Waals surface area (Å²) in [6.07, 6.45) is 2.85. The molecule has 0 aromatic heterocycles. The zero-order valence-corrected chi connectivity index (χ0v) is 8.23. The van der Waals surface area contributed by atoms with E-state index in [-0.39, 0.29) is 25.0 Å². The first-order chi connectivity index (χ1) is 7.24. The van der Waals surface area contributed by atoms with Gasteiger partial charge >= 0.3 is 6.09 Å². The monoisotopic (exact) mass is 208 g/mol. The van der Waals surface area contributed by atoms with Gasteiger partial charge in [0.2, 0.25) is 0 Å². The Bertz CT molecular complexity index is 349. The Morgan fingerprint density at radius 3 is 3.33 bits per heavy atom. The van der Waals surface area contributed by atoms with Crippen molar-refractivity contribution in [3.63, 3.8) is 0 Å². The maximum absolute atomic E-state index is 11.5. The van der Waals surface area contributed by atoms with Gasteiger partial charge in [0.05, 0.1) is 6.54 Å². The highest BCUT2D eigenvalue weighted by atomic mass is 16.6. The van der Waals surface area contributed by atoms with Crippen LogP contribution >= 0.6 is 0 Å². The number of amides is 1. The Balaban J connectivity index is 2.07. The average molecular weight is 208 g/mol. The molecule has 15 heavy (non-hydrogen) atoms. The number of fused-ring (bicyclic) bond motifs is 1. The van der Waals surface area contributed by atoms with E-state index in [2.05, 4.69) is 11.9 Å². The Morgan fingerprint density at radius 1 is 1.80 bits per heavy atom. The van der Waals surface area contributed by atoms with E-state index in [0.717, 1.165) is 0 Å². The molecule has 5 heteroatoms. The number of nitrogens with one attached hydrogen (secondary N) is 1. The summed E-state index contributed by atoms with van der Waals surface area (Å²) >= 11 is 0. The Labute approximate surface area is 87.4 Å². The SMILES string of the molecule is C=CCOC(=O)N1CC(=O)C2NCC=C21. The first-order valence-corrected chi connectivity index (χ1v) is 4.75. The van der Waals surface area contributed by atoms with Crippen LogP contribution < -0.4 is 5.32 Å². The van der Waals surface area contributed by atoms with Crippen molar-refractivity contribution in [3.8, 4) is 0 Å². The maximum atomic E-state index is 11.5. The molecule has 1 amide bonds. The van der Waals surface area contributed by atoms with Crippen LogP contribution in [0.1, 0.15) is 0 Å². The molecule has 80 valence electrons. The fourth-order valence-corrected chi connectivity index (χ4v) is 1.77. The number of ether oxygens (including phenoxy) is 1. The number of carbonyl (C=O) groups excluding carboxylic acids is 2. The highest BCUT2D eigenvalue weighted by molar-refractivity contribution is 5.96.